The zero-order chi connectivity index (χ0) is 14.6. The van der Waals surface area contributed by atoms with Gasteiger partial charge >= 0.3 is 0 Å². The van der Waals surface area contributed by atoms with Crippen LogP contribution in [0.2, 0.25) is 0 Å². The van der Waals surface area contributed by atoms with Crippen molar-refractivity contribution >= 4 is 0 Å². The van der Waals surface area contributed by atoms with Crippen molar-refractivity contribution in [2.45, 2.75) is 39.2 Å². The Bertz CT molecular complexity index is 391. The Balaban J connectivity index is 2.52. The van der Waals surface area contributed by atoms with E-state index >= 15 is 0 Å². The minimum absolute atomic E-state index is 0.490. The third-order valence-corrected chi connectivity index (χ3v) is 3.15. The number of ether oxygens (including phenoxy) is 2. The number of hydrogen-bond donors (Lipinski definition) is 1. The Morgan fingerprint density at radius 1 is 1.25 bits per heavy atom. The van der Waals surface area contributed by atoms with Crippen molar-refractivity contribution in [1.82, 2.24) is 5.32 Å². The van der Waals surface area contributed by atoms with Crippen LogP contribution >= 0.6 is 0 Å². The topological polar surface area (TPSA) is 30.5 Å². The van der Waals surface area contributed by atoms with Gasteiger partial charge in [0.15, 0.2) is 11.5 Å². The van der Waals surface area contributed by atoms with Gasteiger partial charge in [-0.2, -0.15) is 0 Å². The van der Waals surface area contributed by atoms with E-state index in [0.29, 0.717) is 6.61 Å². The summed E-state index contributed by atoms with van der Waals surface area (Å²) in [5, 5.41) is 3.47. The highest BCUT2D eigenvalue weighted by Crippen LogP contribution is 2.31. The van der Waals surface area contributed by atoms with Crippen LogP contribution in [0, 0.1) is 0 Å². The number of benzene rings is 1. The van der Waals surface area contributed by atoms with Gasteiger partial charge in [0, 0.05) is 12.1 Å². The fourth-order valence-electron chi connectivity index (χ4n) is 2.07. The monoisotopic (exact) mass is 277 g/mol. The van der Waals surface area contributed by atoms with Gasteiger partial charge in [0.1, 0.15) is 6.61 Å². The van der Waals surface area contributed by atoms with E-state index in [1.54, 1.807) is 13.2 Å². The summed E-state index contributed by atoms with van der Waals surface area (Å²) in [6.45, 7) is 8.24. The molecule has 0 saturated heterocycles. The summed E-state index contributed by atoms with van der Waals surface area (Å²) in [5.41, 5.74) is 1.13. The van der Waals surface area contributed by atoms with Crippen LogP contribution in [-0.2, 0) is 6.54 Å². The highest BCUT2D eigenvalue weighted by atomic mass is 16.5. The number of hydrogen-bond acceptors (Lipinski definition) is 3. The van der Waals surface area contributed by atoms with Gasteiger partial charge in [-0.1, -0.05) is 51.0 Å². The van der Waals surface area contributed by atoms with Gasteiger partial charge in [-0.15, -0.1) is 0 Å². The summed E-state index contributed by atoms with van der Waals surface area (Å²) in [6, 6.07) is 5.98. The van der Waals surface area contributed by atoms with Gasteiger partial charge in [0.25, 0.3) is 0 Å². The maximum Gasteiger partial charge on any atom is 0.166 e. The summed E-state index contributed by atoms with van der Waals surface area (Å²) < 4.78 is 11.1. The molecule has 0 fully saturated rings. The molecule has 0 bridgehead atoms. The molecule has 0 spiro atoms. The average molecular weight is 277 g/mol. The van der Waals surface area contributed by atoms with E-state index in [9.17, 15) is 0 Å². The van der Waals surface area contributed by atoms with E-state index in [0.717, 1.165) is 30.2 Å². The average Bonchev–Trinajstić information content (AvgIpc) is 2.49. The van der Waals surface area contributed by atoms with E-state index in [1.165, 1.54) is 25.7 Å². The predicted molar refractivity (Wildman–Crippen MR) is 84.5 cm³/mol. The third kappa shape index (κ3) is 5.66. The lowest BCUT2D eigenvalue weighted by atomic mass is 10.1. The molecule has 1 aromatic rings. The largest absolute Gasteiger partial charge is 0.493 e. The van der Waals surface area contributed by atoms with E-state index in [2.05, 4.69) is 24.9 Å². The Morgan fingerprint density at radius 3 is 2.80 bits per heavy atom. The first-order valence-corrected chi connectivity index (χ1v) is 7.43. The normalized spacial score (nSPS) is 10.3. The molecular formula is C17H27NO2. The summed E-state index contributed by atoms with van der Waals surface area (Å²) in [5.74, 6) is 1.59. The predicted octanol–water partition coefficient (Wildman–Crippen LogP) is 3.93. The summed E-state index contributed by atoms with van der Waals surface area (Å²) in [6.07, 6.45) is 6.85. The molecule has 3 nitrogen and oxygen atoms in total. The molecule has 0 aliphatic heterocycles. The van der Waals surface area contributed by atoms with Gasteiger partial charge in [0.05, 0.1) is 7.11 Å². The number of nitrogens with one attached hydrogen (secondary N) is 1. The summed E-state index contributed by atoms with van der Waals surface area (Å²) >= 11 is 0. The van der Waals surface area contributed by atoms with Crippen LogP contribution in [-0.4, -0.2) is 20.3 Å². The SMILES string of the molecule is C=CCOc1c(CNCCCCCC)cccc1OC. The molecule has 0 aliphatic rings. The van der Waals surface area contributed by atoms with Crippen LogP contribution in [0.5, 0.6) is 11.5 Å². The quantitative estimate of drug-likeness (QED) is 0.491. The molecule has 1 aromatic carbocycles. The zero-order valence-electron chi connectivity index (χ0n) is 12.8. The summed E-state index contributed by atoms with van der Waals surface area (Å²) in [4.78, 5) is 0. The Morgan fingerprint density at radius 2 is 2.10 bits per heavy atom. The highest BCUT2D eigenvalue weighted by Gasteiger charge is 2.09. The number of rotatable bonds is 11. The van der Waals surface area contributed by atoms with Crippen molar-refractivity contribution < 1.29 is 9.47 Å². The van der Waals surface area contributed by atoms with Crippen LogP contribution in [0.4, 0.5) is 0 Å². The lowest BCUT2D eigenvalue weighted by molar-refractivity contribution is 0.322. The molecule has 0 atom stereocenters. The van der Waals surface area contributed by atoms with Gasteiger partial charge in [0.2, 0.25) is 0 Å². The van der Waals surface area contributed by atoms with Crippen molar-refractivity contribution in [3.63, 3.8) is 0 Å². The van der Waals surface area contributed by atoms with Gasteiger partial charge < -0.3 is 14.8 Å². The molecule has 1 rings (SSSR count). The second kappa shape index (κ2) is 10.3. The maximum atomic E-state index is 5.72. The van der Waals surface area contributed by atoms with E-state index < -0.39 is 0 Å². The van der Waals surface area contributed by atoms with Crippen LogP contribution in [0.3, 0.4) is 0 Å². The minimum atomic E-state index is 0.490. The van der Waals surface area contributed by atoms with Crippen molar-refractivity contribution in [2.24, 2.45) is 0 Å². The second-order valence-corrected chi connectivity index (χ2v) is 4.79. The summed E-state index contributed by atoms with van der Waals surface area (Å²) in [7, 11) is 1.66. The van der Waals surface area contributed by atoms with Gasteiger partial charge in [-0.05, 0) is 19.0 Å². The maximum absolute atomic E-state index is 5.72. The van der Waals surface area contributed by atoms with Gasteiger partial charge in [-0.3, -0.25) is 0 Å². The lowest BCUT2D eigenvalue weighted by Gasteiger charge is -2.14. The fraction of sp³-hybridized carbons (Fsp3) is 0.529. The molecule has 0 radical (unpaired) electrons. The molecule has 0 aromatic heterocycles. The van der Waals surface area contributed by atoms with Crippen LogP contribution in [0.15, 0.2) is 30.9 Å². The Labute approximate surface area is 123 Å². The van der Waals surface area contributed by atoms with Crippen LogP contribution in [0.25, 0.3) is 0 Å². The van der Waals surface area contributed by atoms with Crippen LogP contribution < -0.4 is 14.8 Å². The molecule has 20 heavy (non-hydrogen) atoms. The van der Waals surface area contributed by atoms with Gasteiger partial charge in [-0.25, -0.2) is 0 Å². The fourth-order valence-corrected chi connectivity index (χ4v) is 2.07. The number of unbranched alkanes of at least 4 members (excludes halogenated alkanes) is 3. The third-order valence-electron chi connectivity index (χ3n) is 3.15. The molecule has 0 aliphatic carbocycles. The first kappa shape index (κ1) is 16.6. The van der Waals surface area contributed by atoms with E-state index in [1.807, 2.05) is 12.1 Å². The molecule has 0 amide bonds. The van der Waals surface area contributed by atoms with Crippen LogP contribution in [0.1, 0.15) is 38.2 Å². The zero-order valence-corrected chi connectivity index (χ0v) is 12.8. The van der Waals surface area contributed by atoms with Crippen molar-refractivity contribution in [2.75, 3.05) is 20.3 Å². The standard InChI is InChI=1S/C17H27NO2/c1-4-6-7-8-12-18-14-15-10-9-11-16(19-3)17(15)20-13-5-2/h5,9-11,18H,2,4,6-8,12-14H2,1,3H3. The molecule has 3 heteroatoms. The van der Waals surface area contributed by atoms with E-state index in [4.69, 9.17) is 9.47 Å². The lowest BCUT2D eigenvalue weighted by Crippen LogP contribution is -2.15. The van der Waals surface area contributed by atoms with Crippen molar-refractivity contribution in [3.05, 3.63) is 36.4 Å². The van der Waals surface area contributed by atoms with Crippen molar-refractivity contribution in [3.8, 4) is 11.5 Å². The molecule has 1 N–H and O–H groups in total. The smallest absolute Gasteiger partial charge is 0.166 e. The molecular weight excluding hydrogens is 250 g/mol. The molecule has 0 unspecified atom stereocenters. The number of methoxy groups -OCH3 is 1. The second-order valence-electron chi connectivity index (χ2n) is 4.79. The Kier molecular flexibility index (Phi) is 8.56. The Hall–Kier alpha value is -1.48. The van der Waals surface area contributed by atoms with Crippen molar-refractivity contribution in [1.29, 1.82) is 0 Å². The molecule has 0 saturated carbocycles. The molecule has 112 valence electrons. The first-order valence-electron chi connectivity index (χ1n) is 7.43. The van der Waals surface area contributed by atoms with E-state index in [-0.39, 0.29) is 0 Å². The molecule has 0 heterocycles. The number of para-hydroxylation sites is 1. The minimum Gasteiger partial charge on any atom is -0.493 e. The first-order chi connectivity index (χ1) is 9.83. The highest BCUT2D eigenvalue weighted by molar-refractivity contribution is 5.46.